The zero-order chi connectivity index (χ0) is 18.6. The highest BCUT2D eigenvalue weighted by Gasteiger charge is 2.21. The van der Waals surface area contributed by atoms with Crippen LogP contribution in [-0.4, -0.2) is 13.6 Å². The average molecular weight is 487 g/mol. The van der Waals surface area contributed by atoms with Gasteiger partial charge in [0.25, 0.3) is 0 Å². The summed E-state index contributed by atoms with van der Waals surface area (Å²) < 4.78 is 6.29. The summed E-state index contributed by atoms with van der Waals surface area (Å²) in [4.78, 5) is 0. The lowest BCUT2D eigenvalue weighted by atomic mass is 9.81. The fraction of sp³-hybridized carbons (Fsp3) is 0.739. The quantitative estimate of drug-likeness (QED) is 0.129. The second-order valence-corrected chi connectivity index (χ2v) is 12.3. The smallest absolute Gasteiger partial charge is 0.122 e. The van der Waals surface area contributed by atoms with Crippen molar-refractivity contribution in [1.29, 1.82) is 0 Å². The van der Waals surface area contributed by atoms with Gasteiger partial charge < -0.3 is 4.74 Å². The normalized spacial score (nSPS) is 17.0. The van der Waals surface area contributed by atoms with Gasteiger partial charge in [0.1, 0.15) is 5.75 Å². The summed E-state index contributed by atoms with van der Waals surface area (Å²) in [6.45, 7) is 5.55. The van der Waals surface area contributed by atoms with E-state index < -0.39 is 0 Å². The Labute approximate surface area is 177 Å². The zero-order valence-electron chi connectivity index (χ0n) is 17.1. The summed E-state index contributed by atoms with van der Waals surface area (Å²) in [6.07, 6.45) is 14.7. The second kappa shape index (κ2) is 13.2. The molecule has 0 saturated heterocycles. The SMILES string of the molecule is CCCCC(CCC)c1ccc(OCCC[SiH2]I)c(C2CCCCC2)c1. The van der Waals surface area contributed by atoms with Gasteiger partial charge in [-0.25, -0.2) is 0 Å². The third-order valence-corrected chi connectivity index (χ3v) is 8.93. The van der Waals surface area contributed by atoms with Crippen molar-refractivity contribution in [1.82, 2.24) is 0 Å². The molecular formula is C23H39IOSi. The van der Waals surface area contributed by atoms with Crippen LogP contribution in [0.3, 0.4) is 0 Å². The average Bonchev–Trinajstić information content (AvgIpc) is 2.69. The maximum Gasteiger partial charge on any atom is 0.122 e. The number of ether oxygens (including phenoxy) is 1. The van der Waals surface area contributed by atoms with E-state index in [2.05, 4.69) is 53.8 Å². The highest BCUT2D eigenvalue weighted by molar-refractivity contribution is 14.1. The lowest BCUT2D eigenvalue weighted by Crippen LogP contribution is -2.10. The van der Waals surface area contributed by atoms with Crippen LogP contribution in [0.25, 0.3) is 0 Å². The molecule has 0 heterocycles. The Balaban J connectivity index is 2.18. The van der Waals surface area contributed by atoms with E-state index in [9.17, 15) is 0 Å². The third-order valence-electron chi connectivity index (χ3n) is 5.88. The molecule has 2 rings (SSSR count). The van der Waals surface area contributed by atoms with Crippen LogP contribution >= 0.6 is 21.8 Å². The Hall–Kier alpha value is -0.0331. The number of unbranched alkanes of at least 4 members (excludes halogenated alkanes) is 1. The molecule has 0 aliphatic heterocycles. The predicted molar refractivity (Wildman–Crippen MR) is 127 cm³/mol. The highest BCUT2D eigenvalue weighted by Crippen LogP contribution is 2.40. The third kappa shape index (κ3) is 7.18. The molecule has 0 amide bonds. The highest BCUT2D eigenvalue weighted by atomic mass is 127. The first kappa shape index (κ1) is 22.3. The Morgan fingerprint density at radius 1 is 1.08 bits per heavy atom. The van der Waals surface area contributed by atoms with Crippen molar-refractivity contribution >= 4 is 28.8 Å². The van der Waals surface area contributed by atoms with E-state index in [4.69, 9.17) is 4.74 Å². The molecule has 1 aliphatic rings. The van der Waals surface area contributed by atoms with Gasteiger partial charge in [-0.3, -0.25) is 0 Å². The predicted octanol–water partition coefficient (Wildman–Crippen LogP) is 7.51. The van der Waals surface area contributed by atoms with Crippen LogP contribution < -0.4 is 4.74 Å². The summed E-state index contributed by atoms with van der Waals surface area (Å²) in [6, 6.07) is 8.64. The number of benzene rings is 1. The fourth-order valence-corrected chi connectivity index (χ4v) is 6.35. The molecule has 3 heteroatoms. The number of hydrogen-bond donors (Lipinski definition) is 0. The van der Waals surface area contributed by atoms with Crippen LogP contribution in [-0.2, 0) is 0 Å². The molecule has 0 bridgehead atoms. The van der Waals surface area contributed by atoms with Gasteiger partial charge in [-0.15, -0.1) is 21.8 Å². The molecule has 1 aromatic carbocycles. The van der Waals surface area contributed by atoms with Crippen molar-refractivity contribution in [2.75, 3.05) is 6.61 Å². The molecule has 0 spiro atoms. The molecule has 1 saturated carbocycles. The van der Waals surface area contributed by atoms with Crippen molar-refractivity contribution < 1.29 is 4.74 Å². The first-order valence-corrected chi connectivity index (χ1v) is 17.2. The maximum atomic E-state index is 6.29. The van der Waals surface area contributed by atoms with Gasteiger partial charge >= 0.3 is 0 Å². The van der Waals surface area contributed by atoms with Gasteiger partial charge in [0.15, 0.2) is 0 Å². The summed E-state index contributed by atoms with van der Waals surface area (Å²) >= 11 is 2.60. The minimum Gasteiger partial charge on any atom is -0.493 e. The van der Waals surface area contributed by atoms with Crippen LogP contribution in [0.15, 0.2) is 18.2 Å². The van der Waals surface area contributed by atoms with Crippen molar-refractivity contribution in [3.63, 3.8) is 0 Å². The molecule has 1 atom stereocenters. The van der Waals surface area contributed by atoms with Crippen molar-refractivity contribution in [2.45, 2.75) is 102 Å². The zero-order valence-corrected chi connectivity index (χ0v) is 20.6. The van der Waals surface area contributed by atoms with Crippen molar-refractivity contribution in [2.24, 2.45) is 0 Å². The first-order valence-electron chi connectivity index (χ1n) is 11.1. The molecule has 1 nitrogen and oxygen atoms in total. The second-order valence-electron chi connectivity index (χ2n) is 8.00. The van der Waals surface area contributed by atoms with E-state index >= 15 is 0 Å². The van der Waals surface area contributed by atoms with Crippen molar-refractivity contribution in [3.05, 3.63) is 29.3 Å². The number of halogens is 1. The Morgan fingerprint density at radius 3 is 2.58 bits per heavy atom. The number of rotatable bonds is 12. The summed E-state index contributed by atoms with van der Waals surface area (Å²) in [5.74, 6) is 2.66. The summed E-state index contributed by atoms with van der Waals surface area (Å²) in [5, 5.41) is 0. The van der Waals surface area contributed by atoms with Gasteiger partial charge in [0.2, 0.25) is 0 Å². The van der Waals surface area contributed by atoms with E-state index in [0.29, 0.717) is 0 Å². The van der Waals surface area contributed by atoms with E-state index in [-0.39, 0.29) is 7.02 Å². The van der Waals surface area contributed by atoms with E-state index in [1.807, 2.05) is 0 Å². The Morgan fingerprint density at radius 2 is 1.88 bits per heavy atom. The topological polar surface area (TPSA) is 9.23 Å². The molecule has 0 aromatic heterocycles. The van der Waals surface area contributed by atoms with Gasteiger partial charge in [-0.2, -0.15) is 0 Å². The monoisotopic (exact) mass is 486 g/mol. The maximum absolute atomic E-state index is 6.29. The Kier molecular flexibility index (Phi) is 11.3. The van der Waals surface area contributed by atoms with Crippen LogP contribution in [0.1, 0.15) is 107 Å². The molecule has 0 radical (unpaired) electrons. The molecule has 1 aromatic rings. The lowest BCUT2D eigenvalue weighted by molar-refractivity contribution is 0.307. The molecule has 26 heavy (non-hydrogen) atoms. The first-order chi connectivity index (χ1) is 12.8. The van der Waals surface area contributed by atoms with Gasteiger partial charge in [0.05, 0.1) is 13.6 Å². The molecule has 1 fully saturated rings. The van der Waals surface area contributed by atoms with E-state index in [0.717, 1.165) is 18.4 Å². The van der Waals surface area contributed by atoms with Crippen LogP contribution in [0, 0.1) is 0 Å². The standard InChI is InChI=1S/C23H39IOSi/c1-3-5-11-19(10-4-2)21-14-15-23(25-16-9-17-26-24)22(18-21)20-12-7-6-8-13-20/h14-15,18-20H,3-13,16-17,26H2,1-2H3. The van der Waals surface area contributed by atoms with Crippen molar-refractivity contribution in [3.8, 4) is 5.75 Å². The van der Waals surface area contributed by atoms with Crippen LogP contribution in [0.2, 0.25) is 6.04 Å². The molecule has 148 valence electrons. The molecule has 1 aliphatic carbocycles. The molecule has 1 unspecified atom stereocenters. The fourth-order valence-electron chi connectivity index (χ4n) is 4.34. The largest absolute Gasteiger partial charge is 0.493 e. The van der Waals surface area contributed by atoms with Gasteiger partial charge in [-0.1, -0.05) is 70.5 Å². The van der Waals surface area contributed by atoms with Crippen LogP contribution in [0.4, 0.5) is 0 Å². The van der Waals surface area contributed by atoms with E-state index in [1.54, 1.807) is 5.56 Å². The van der Waals surface area contributed by atoms with Gasteiger partial charge in [-0.05, 0) is 61.1 Å². The molecule has 0 N–H and O–H groups in total. The lowest BCUT2D eigenvalue weighted by Gasteiger charge is -2.26. The summed E-state index contributed by atoms with van der Waals surface area (Å²) in [5.41, 5.74) is 3.11. The van der Waals surface area contributed by atoms with Gasteiger partial charge in [0, 0.05) is 0 Å². The Bertz CT molecular complexity index is 499. The minimum absolute atomic E-state index is 0.144. The van der Waals surface area contributed by atoms with Crippen LogP contribution in [0.5, 0.6) is 5.75 Å². The number of hydrogen-bond acceptors (Lipinski definition) is 1. The molecular weight excluding hydrogens is 447 g/mol. The van der Waals surface area contributed by atoms with E-state index in [1.165, 1.54) is 88.0 Å². The summed E-state index contributed by atoms with van der Waals surface area (Å²) in [7, 11) is 0.144. The minimum atomic E-state index is 0.144.